The highest BCUT2D eigenvalue weighted by Gasteiger charge is 2.32. The monoisotopic (exact) mass is 260 g/mol. The Morgan fingerprint density at radius 3 is 2.28 bits per heavy atom. The van der Waals surface area contributed by atoms with E-state index in [1.807, 2.05) is 7.05 Å². The van der Waals surface area contributed by atoms with Crippen LogP contribution < -0.4 is 10.5 Å². The maximum absolute atomic E-state index is 12.0. The van der Waals surface area contributed by atoms with Crippen LogP contribution in [0.4, 0.5) is 13.2 Å². The van der Waals surface area contributed by atoms with Gasteiger partial charge in [0.05, 0.1) is 0 Å². The number of likely N-dealkylation sites (tertiary alicyclic amines) is 1. The van der Waals surface area contributed by atoms with Gasteiger partial charge in [0.2, 0.25) is 0 Å². The van der Waals surface area contributed by atoms with Gasteiger partial charge < -0.3 is 15.4 Å². The van der Waals surface area contributed by atoms with Gasteiger partial charge in [-0.2, -0.15) is 0 Å². The van der Waals surface area contributed by atoms with E-state index in [0.29, 0.717) is 0 Å². The van der Waals surface area contributed by atoms with Crippen molar-refractivity contribution < 1.29 is 17.9 Å². The van der Waals surface area contributed by atoms with Crippen molar-refractivity contribution in [2.75, 3.05) is 20.1 Å². The molecule has 1 saturated heterocycles. The van der Waals surface area contributed by atoms with E-state index in [4.69, 9.17) is 5.73 Å². The molecule has 0 radical (unpaired) electrons. The molecule has 0 amide bonds. The third-order valence-corrected chi connectivity index (χ3v) is 3.09. The number of nitrogens with two attached hydrogens (primary N) is 1. The molecule has 1 aliphatic rings. The molecule has 2 rings (SSSR count). The van der Waals surface area contributed by atoms with Crippen molar-refractivity contribution in [3.05, 3.63) is 29.8 Å². The lowest BCUT2D eigenvalue weighted by atomic mass is 9.95. The van der Waals surface area contributed by atoms with Crippen LogP contribution >= 0.6 is 0 Å². The highest BCUT2D eigenvalue weighted by Crippen LogP contribution is 2.28. The summed E-state index contributed by atoms with van der Waals surface area (Å²) >= 11 is 0. The predicted octanol–water partition coefficient (Wildman–Crippen LogP) is 1.94. The molecule has 1 fully saturated rings. The fourth-order valence-electron chi connectivity index (χ4n) is 2.30. The van der Waals surface area contributed by atoms with Crippen LogP contribution in [0.2, 0.25) is 0 Å². The molecule has 1 heterocycles. The molecule has 1 aliphatic heterocycles. The van der Waals surface area contributed by atoms with Crippen molar-refractivity contribution in [2.24, 2.45) is 5.73 Å². The van der Waals surface area contributed by atoms with E-state index in [1.54, 1.807) is 12.1 Å². The van der Waals surface area contributed by atoms with Crippen molar-refractivity contribution in [3.8, 4) is 5.75 Å². The molecule has 0 bridgehead atoms. The van der Waals surface area contributed by atoms with Crippen molar-refractivity contribution in [1.29, 1.82) is 0 Å². The van der Waals surface area contributed by atoms with Crippen LogP contribution in [0, 0.1) is 0 Å². The number of alkyl halides is 3. The summed E-state index contributed by atoms with van der Waals surface area (Å²) in [5, 5.41) is 0. The van der Waals surface area contributed by atoms with E-state index in [0.717, 1.165) is 18.7 Å². The summed E-state index contributed by atoms with van der Waals surface area (Å²) < 4.78 is 39.8. The average Bonchev–Trinajstić information content (AvgIpc) is 2.57. The largest absolute Gasteiger partial charge is 0.573 e. The standard InChI is InChI=1S/C12H15F3N2O/c1-17-6-10(11(16)7-17)8-2-4-9(5-3-8)18-12(13,14)15/h2-5,10-11H,6-7,16H2,1H3. The molecule has 0 aromatic heterocycles. The maximum atomic E-state index is 12.0. The minimum Gasteiger partial charge on any atom is -0.406 e. The molecule has 2 atom stereocenters. The van der Waals surface area contributed by atoms with Crippen molar-refractivity contribution in [1.82, 2.24) is 4.90 Å². The van der Waals surface area contributed by atoms with Crippen LogP contribution in [0.1, 0.15) is 11.5 Å². The number of halogens is 3. The quantitative estimate of drug-likeness (QED) is 0.883. The lowest BCUT2D eigenvalue weighted by Crippen LogP contribution is -2.27. The third-order valence-electron chi connectivity index (χ3n) is 3.09. The molecule has 6 heteroatoms. The zero-order valence-corrected chi connectivity index (χ0v) is 9.95. The van der Waals surface area contributed by atoms with Crippen LogP contribution in [-0.4, -0.2) is 37.4 Å². The lowest BCUT2D eigenvalue weighted by molar-refractivity contribution is -0.274. The minimum absolute atomic E-state index is 0.0179. The second kappa shape index (κ2) is 4.78. The molecule has 100 valence electrons. The smallest absolute Gasteiger partial charge is 0.406 e. The van der Waals surface area contributed by atoms with E-state index >= 15 is 0 Å². The molecule has 0 spiro atoms. The zero-order chi connectivity index (χ0) is 13.3. The Bertz CT molecular complexity index is 405. The molecule has 18 heavy (non-hydrogen) atoms. The van der Waals surface area contributed by atoms with Gasteiger partial charge in [-0.25, -0.2) is 0 Å². The average molecular weight is 260 g/mol. The molecule has 0 saturated carbocycles. The summed E-state index contributed by atoms with van der Waals surface area (Å²) in [6, 6.07) is 5.96. The Balaban J connectivity index is 2.08. The van der Waals surface area contributed by atoms with E-state index < -0.39 is 6.36 Å². The fraction of sp³-hybridized carbons (Fsp3) is 0.500. The molecular weight excluding hydrogens is 245 g/mol. The summed E-state index contributed by atoms with van der Waals surface area (Å²) in [6.45, 7) is 1.62. The SMILES string of the molecule is CN1CC(N)C(c2ccc(OC(F)(F)F)cc2)C1. The number of hydrogen-bond donors (Lipinski definition) is 1. The molecule has 0 aliphatic carbocycles. The Morgan fingerprint density at radius 1 is 1.22 bits per heavy atom. The highest BCUT2D eigenvalue weighted by atomic mass is 19.4. The summed E-state index contributed by atoms with van der Waals surface area (Å²) in [6.07, 6.45) is -4.65. The number of benzene rings is 1. The third kappa shape index (κ3) is 3.14. The molecule has 2 unspecified atom stereocenters. The predicted molar refractivity (Wildman–Crippen MR) is 61.3 cm³/mol. The van der Waals surface area contributed by atoms with Gasteiger partial charge >= 0.3 is 6.36 Å². The van der Waals surface area contributed by atoms with Gasteiger partial charge in [0.25, 0.3) is 0 Å². The summed E-state index contributed by atoms with van der Waals surface area (Å²) in [5.41, 5.74) is 6.93. The Kier molecular flexibility index (Phi) is 3.49. The lowest BCUT2D eigenvalue weighted by Gasteiger charge is -2.15. The second-order valence-electron chi connectivity index (χ2n) is 4.61. The zero-order valence-electron chi connectivity index (χ0n) is 9.95. The Morgan fingerprint density at radius 2 is 1.83 bits per heavy atom. The number of ether oxygens (including phenoxy) is 1. The second-order valence-corrected chi connectivity index (χ2v) is 4.61. The first kappa shape index (κ1) is 13.2. The normalized spacial score (nSPS) is 25.4. The van der Waals surface area contributed by atoms with E-state index in [-0.39, 0.29) is 17.7 Å². The van der Waals surface area contributed by atoms with Crippen LogP contribution in [0.3, 0.4) is 0 Å². The molecule has 1 aromatic carbocycles. The van der Waals surface area contributed by atoms with Gasteiger partial charge in [0, 0.05) is 25.0 Å². The fourth-order valence-corrected chi connectivity index (χ4v) is 2.30. The summed E-state index contributed by atoms with van der Waals surface area (Å²) in [7, 11) is 1.97. The highest BCUT2D eigenvalue weighted by molar-refractivity contribution is 5.31. The number of rotatable bonds is 2. The molecular formula is C12H15F3N2O. The number of hydrogen-bond acceptors (Lipinski definition) is 3. The van der Waals surface area contributed by atoms with Crippen molar-refractivity contribution in [2.45, 2.75) is 18.3 Å². The summed E-state index contributed by atoms with van der Waals surface area (Å²) in [4.78, 5) is 2.11. The van der Waals surface area contributed by atoms with E-state index in [2.05, 4.69) is 9.64 Å². The van der Waals surface area contributed by atoms with Crippen LogP contribution in [0.15, 0.2) is 24.3 Å². The van der Waals surface area contributed by atoms with E-state index in [1.165, 1.54) is 12.1 Å². The van der Waals surface area contributed by atoms with Crippen LogP contribution in [-0.2, 0) is 0 Å². The van der Waals surface area contributed by atoms with Gasteiger partial charge in [0.15, 0.2) is 0 Å². The van der Waals surface area contributed by atoms with Crippen molar-refractivity contribution >= 4 is 0 Å². The van der Waals surface area contributed by atoms with Crippen LogP contribution in [0.5, 0.6) is 5.75 Å². The molecule has 1 aromatic rings. The first-order valence-corrected chi connectivity index (χ1v) is 5.65. The topological polar surface area (TPSA) is 38.5 Å². The van der Waals surface area contributed by atoms with Gasteiger partial charge in [0.1, 0.15) is 5.75 Å². The van der Waals surface area contributed by atoms with Gasteiger partial charge in [-0.1, -0.05) is 12.1 Å². The van der Waals surface area contributed by atoms with Gasteiger partial charge in [-0.05, 0) is 24.7 Å². The van der Waals surface area contributed by atoms with Crippen LogP contribution in [0.25, 0.3) is 0 Å². The van der Waals surface area contributed by atoms with E-state index in [9.17, 15) is 13.2 Å². The number of likely N-dealkylation sites (N-methyl/N-ethyl adjacent to an activating group) is 1. The first-order valence-electron chi connectivity index (χ1n) is 5.65. The first-order chi connectivity index (χ1) is 8.35. The summed E-state index contributed by atoms with van der Waals surface area (Å²) in [5.74, 6) is -0.0406. The van der Waals surface area contributed by atoms with Gasteiger partial charge in [-0.3, -0.25) is 0 Å². The van der Waals surface area contributed by atoms with Gasteiger partial charge in [-0.15, -0.1) is 13.2 Å². The van der Waals surface area contributed by atoms with Crippen molar-refractivity contribution in [3.63, 3.8) is 0 Å². The molecule has 3 nitrogen and oxygen atoms in total. The Hall–Kier alpha value is -1.27. The molecule has 2 N–H and O–H groups in total. The minimum atomic E-state index is -4.65. The number of nitrogens with zero attached hydrogens (tertiary/aromatic N) is 1. The Labute approximate surface area is 103 Å². The maximum Gasteiger partial charge on any atom is 0.573 e.